The number of nitrogens with one attached hydrogen (secondary N) is 1. The van der Waals surface area contributed by atoms with Gasteiger partial charge in [-0.3, -0.25) is 13.9 Å². The topological polar surface area (TPSA) is 56.0 Å². The molecule has 0 saturated heterocycles. The lowest BCUT2D eigenvalue weighted by molar-refractivity contribution is -0.116. The molecule has 0 fully saturated rings. The van der Waals surface area contributed by atoms with Gasteiger partial charge in [-0.1, -0.05) is 38.1 Å². The van der Waals surface area contributed by atoms with Crippen LogP contribution >= 0.6 is 0 Å². The highest BCUT2D eigenvalue weighted by atomic mass is 16.2. The van der Waals surface area contributed by atoms with Crippen molar-refractivity contribution in [1.29, 1.82) is 0 Å². The maximum Gasteiger partial charge on any atom is 0.329 e. The van der Waals surface area contributed by atoms with E-state index in [1.54, 1.807) is 4.57 Å². The van der Waals surface area contributed by atoms with Gasteiger partial charge in [-0.25, -0.2) is 4.79 Å². The van der Waals surface area contributed by atoms with Crippen LogP contribution in [0.15, 0.2) is 53.3 Å². The fourth-order valence-electron chi connectivity index (χ4n) is 3.05. The number of fused-ring (bicyclic) bond motifs is 1. The van der Waals surface area contributed by atoms with Gasteiger partial charge in [0.2, 0.25) is 5.91 Å². The van der Waals surface area contributed by atoms with Crippen molar-refractivity contribution in [3.8, 4) is 0 Å². The predicted octanol–water partition coefficient (Wildman–Crippen LogP) is 3.59. The van der Waals surface area contributed by atoms with Crippen molar-refractivity contribution in [3.05, 3.63) is 64.6 Å². The van der Waals surface area contributed by atoms with Crippen LogP contribution in [-0.4, -0.2) is 15.0 Å². The first kappa shape index (κ1) is 17.0. The number of amides is 1. The van der Waals surface area contributed by atoms with Crippen molar-refractivity contribution in [3.63, 3.8) is 0 Å². The minimum atomic E-state index is -0.206. The Labute approximate surface area is 146 Å². The third-order valence-electron chi connectivity index (χ3n) is 4.38. The molecule has 0 spiro atoms. The van der Waals surface area contributed by atoms with Crippen LogP contribution in [0.4, 0.5) is 5.69 Å². The first-order chi connectivity index (χ1) is 12.0. The number of rotatable bonds is 5. The van der Waals surface area contributed by atoms with E-state index in [1.165, 1.54) is 4.57 Å². The zero-order valence-electron chi connectivity index (χ0n) is 14.8. The van der Waals surface area contributed by atoms with Gasteiger partial charge in [-0.05, 0) is 42.7 Å². The largest absolute Gasteiger partial charge is 0.329 e. The zero-order chi connectivity index (χ0) is 18.0. The molecule has 5 heteroatoms. The Hall–Kier alpha value is -2.82. The average molecular weight is 337 g/mol. The summed E-state index contributed by atoms with van der Waals surface area (Å²) in [6, 6.07) is 15.4. The fraction of sp³-hybridized carbons (Fsp3) is 0.300. The van der Waals surface area contributed by atoms with Gasteiger partial charge in [0, 0.05) is 12.2 Å². The minimum Gasteiger partial charge on any atom is -0.325 e. The molecule has 0 saturated carbocycles. The standard InChI is InChI=1S/C20H23N3O2/c1-4-22-17-10-5-6-11-18(17)23(20(22)25)13-19(24)21-16-9-7-8-15(12-16)14(2)3/h5-12,14H,4,13H2,1-3H3,(H,21,24). The van der Waals surface area contributed by atoms with Crippen LogP contribution in [0.3, 0.4) is 0 Å². The lowest BCUT2D eigenvalue weighted by atomic mass is 10.0. The van der Waals surface area contributed by atoms with Gasteiger partial charge >= 0.3 is 5.69 Å². The molecular formula is C20H23N3O2. The van der Waals surface area contributed by atoms with E-state index in [9.17, 15) is 9.59 Å². The number of aryl methyl sites for hydroxylation is 1. The molecule has 0 radical (unpaired) electrons. The van der Waals surface area contributed by atoms with Crippen molar-refractivity contribution >= 4 is 22.6 Å². The number of carbonyl (C=O) groups excluding carboxylic acids is 1. The van der Waals surface area contributed by atoms with Crippen molar-refractivity contribution in [2.24, 2.45) is 0 Å². The summed E-state index contributed by atoms with van der Waals surface area (Å²) in [6.07, 6.45) is 0. The molecule has 2 aromatic carbocycles. The van der Waals surface area contributed by atoms with Crippen LogP contribution in [0.5, 0.6) is 0 Å². The smallest absolute Gasteiger partial charge is 0.325 e. The second-order valence-corrected chi connectivity index (χ2v) is 6.43. The Kier molecular flexibility index (Phi) is 4.74. The molecular weight excluding hydrogens is 314 g/mol. The number of benzene rings is 2. The molecule has 3 aromatic rings. The van der Waals surface area contributed by atoms with Gasteiger partial charge in [0.05, 0.1) is 11.0 Å². The van der Waals surface area contributed by atoms with Gasteiger partial charge in [0.1, 0.15) is 6.54 Å². The monoisotopic (exact) mass is 337 g/mol. The van der Waals surface area contributed by atoms with Crippen molar-refractivity contribution in [1.82, 2.24) is 9.13 Å². The highest BCUT2D eigenvalue weighted by Gasteiger charge is 2.14. The second kappa shape index (κ2) is 6.97. The molecule has 3 rings (SSSR count). The first-order valence-electron chi connectivity index (χ1n) is 8.59. The summed E-state index contributed by atoms with van der Waals surface area (Å²) >= 11 is 0. The van der Waals surface area contributed by atoms with E-state index in [-0.39, 0.29) is 18.1 Å². The Morgan fingerprint density at radius 2 is 1.72 bits per heavy atom. The summed E-state index contributed by atoms with van der Waals surface area (Å²) in [5.74, 6) is 0.184. The molecule has 0 atom stereocenters. The van der Waals surface area contributed by atoms with Crippen molar-refractivity contribution < 1.29 is 4.79 Å². The van der Waals surface area contributed by atoms with Gasteiger partial charge in [0.15, 0.2) is 0 Å². The third kappa shape index (κ3) is 3.36. The van der Waals surface area contributed by atoms with E-state index in [0.717, 1.165) is 22.3 Å². The molecule has 1 aromatic heterocycles. The SMILES string of the molecule is CCn1c(=O)n(CC(=O)Nc2cccc(C(C)C)c2)c2ccccc21. The van der Waals surface area contributed by atoms with Crippen LogP contribution in [0.25, 0.3) is 11.0 Å². The summed E-state index contributed by atoms with van der Waals surface area (Å²) < 4.78 is 3.21. The summed E-state index contributed by atoms with van der Waals surface area (Å²) in [7, 11) is 0. The molecule has 1 amide bonds. The maximum absolute atomic E-state index is 12.6. The number of imidazole rings is 1. The summed E-state index contributed by atoms with van der Waals surface area (Å²) in [6.45, 7) is 6.72. The maximum atomic E-state index is 12.6. The van der Waals surface area contributed by atoms with Gasteiger partial charge in [0.25, 0.3) is 0 Å². The predicted molar refractivity (Wildman–Crippen MR) is 101 cm³/mol. The molecule has 1 N–H and O–H groups in total. The summed E-state index contributed by atoms with van der Waals surface area (Å²) in [4.78, 5) is 25.1. The number of aromatic nitrogens is 2. The second-order valence-electron chi connectivity index (χ2n) is 6.43. The van der Waals surface area contributed by atoms with Crippen molar-refractivity contribution in [2.45, 2.75) is 39.8 Å². The zero-order valence-corrected chi connectivity index (χ0v) is 14.8. The number of hydrogen-bond acceptors (Lipinski definition) is 2. The van der Waals surface area contributed by atoms with Gasteiger partial charge in [-0.15, -0.1) is 0 Å². The fourth-order valence-corrected chi connectivity index (χ4v) is 3.05. The molecule has 0 aliphatic heterocycles. The normalized spacial score (nSPS) is 11.2. The first-order valence-corrected chi connectivity index (χ1v) is 8.59. The Morgan fingerprint density at radius 3 is 2.36 bits per heavy atom. The molecule has 0 aliphatic carbocycles. The highest BCUT2D eigenvalue weighted by Crippen LogP contribution is 2.19. The van der Waals surface area contributed by atoms with Gasteiger partial charge in [-0.2, -0.15) is 0 Å². The number of para-hydroxylation sites is 2. The Balaban J connectivity index is 1.87. The van der Waals surface area contributed by atoms with E-state index in [1.807, 2.05) is 55.5 Å². The number of anilines is 1. The number of hydrogen-bond donors (Lipinski definition) is 1. The summed E-state index contributed by atoms with van der Waals surface area (Å²) in [5.41, 5.74) is 3.39. The van der Waals surface area contributed by atoms with Crippen LogP contribution in [-0.2, 0) is 17.9 Å². The van der Waals surface area contributed by atoms with Crippen LogP contribution in [0.2, 0.25) is 0 Å². The highest BCUT2D eigenvalue weighted by molar-refractivity contribution is 5.91. The van der Waals surface area contributed by atoms with E-state index in [4.69, 9.17) is 0 Å². The summed E-state index contributed by atoms with van der Waals surface area (Å²) in [5, 5.41) is 2.90. The Bertz CT molecular complexity index is 966. The minimum absolute atomic E-state index is 0.00173. The lowest BCUT2D eigenvalue weighted by Crippen LogP contribution is -2.29. The third-order valence-corrected chi connectivity index (χ3v) is 4.38. The number of nitrogens with zero attached hydrogens (tertiary/aromatic N) is 2. The van der Waals surface area contributed by atoms with E-state index >= 15 is 0 Å². The molecule has 0 bridgehead atoms. The molecule has 25 heavy (non-hydrogen) atoms. The number of carbonyl (C=O) groups is 1. The van der Waals surface area contributed by atoms with E-state index in [0.29, 0.717) is 12.5 Å². The van der Waals surface area contributed by atoms with Crippen LogP contribution in [0.1, 0.15) is 32.3 Å². The van der Waals surface area contributed by atoms with E-state index in [2.05, 4.69) is 19.2 Å². The molecule has 130 valence electrons. The molecule has 0 unspecified atom stereocenters. The molecule has 0 aliphatic rings. The van der Waals surface area contributed by atoms with E-state index < -0.39 is 0 Å². The van der Waals surface area contributed by atoms with Crippen molar-refractivity contribution in [2.75, 3.05) is 5.32 Å². The lowest BCUT2D eigenvalue weighted by Gasteiger charge is -2.10. The Morgan fingerprint density at radius 1 is 1.04 bits per heavy atom. The van der Waals surface area contributed by atoms with Crippen LogP contribution < -0.4 is 11.0 Å². The van der Waals surface area contributed by atoms with Gasteiger partial charge < -0.3 is 5.32 Å². The quantitative estimate of drug-likeness (QED) is 0.773. The molecule has 5 nitrogen and oxygen atoms in total. The average Bonchev–Trinajstić information content (AvgIpc) is 2.86. The van der Waals surface area contributed by atoms with Crippen LogP contribution in [0, 0.1) is 0 Å². The molecule has 1 heterocycles.